The smallest absolute Gasteiger partial charge is 0.335 e. The third kappa shape index (κ3) is 2.68. The highest BCUT2D eigenvalue weighted by Gasteiger charge is 2.17. The molecule has 0 fully saturated rings. The predicted molar refractivity (Wildman–Crippen MR) is 66.5 cm³/mol. The molecule has 0 saturated heterocycles. The Bertz CT molecular complexity index is 650. The fraction of sp³-hybridized carbons (Fsp3) is 0.0909. The van der Waals surface area contributed by atoms with Gasteiger partial charge in [-0.3, -0.25) is 14.8 Å². The van der Waals surface area contributed by atoms with E-state index in [2.05, 4.69) is 10.4 Å². The van der Waals surface area contributed by atoms with E-state index in [4.69, 9.17) is 5.11 Å². The Morgan fingerprint density at radius 1 is 1.47 bits per heavy atom. The molecule has 0 aliphatic rings. The SMILES string of the molecule is Cn1ccc(Nc2cc(C(=O)O)ccc2[N+](=O)[O-])n1. The second-order valence-corrected chi connectivity index (χ2v) is 3.79. The minimum Gasteiger partial charge on any atom is -0.478 e. The van der Waals surface area contributed by atoms with Crippen LogP contribution in [-0.2, 0) is 7.05 Å². The van der Waals surface area contributed by atoms with E-state index in [-0.39, 0.29) is 16.9 Å². The lowest BCUT2D eigenvalue weighted by Gasteiger charge is -2.05. The highest BCUT2D eigenvalue weighted by atomic mass is 16.6. The number of nitro groups is 1. The van der Waals surface area contributed by atoms with Crippen LogP contribution in [0.2, 0.25) is 0 Å². The molecule has 1 aromatic heterocycles. The maximum Gasteiger partial charge on any atom is 0.335 e. The number of carboxylic acids is 1. The minimum absolute atomic E-state index is 0.0379. The van der Waals surface area contributed by atoms with Crippen LogP contribution in [0.1, 0.15) is 10.4 Å². The zero-order valence-corrected chi connectivity index (χ0v) is 9.90. The summed E-state index contributed by atoms with van der Waals surface area (Å²) in [4.78, 5) is 21.2. The normalized spacial score (nSPS) is 10.2. The molecule has 2 aromatic rings. The van der Waals surface area contributed by atoms with Crippen LogP contribution in [0, 0.1) is 10.1 Å². The standard InChI is InChI=1S/C11H10N4O4/c1-14-5-4-10(13-14)12-8-6-7(11(16)17)2-3-9(8)15(18)19/h2-6H,1H3,(H,12,13)(H,16,17). The number of aromatic carboxylic acids is 1. The average molecular weight is 262 g/mol. The first-order chi connectivity index (χ1) is 8.97. The van der Waals surface area contributed by atoms with E-state index in [1.807, 2.05) is 0 Å². The van der Waals surface area contributed by atoms with Crippen molar-refractivity contribution in [2.45, 2.75) is 0 Å². The van der Waals surface area contributed by atoms with E-state index in [0.29, 0.717) is 5.82 Å². The molecule has 0 bridgehead atoms. The number of anilines is 2. The Kier molecular flexibility index (Phi) is 3.15. The van der Waals surface area contributed by atoms with E-state index in [9.17, 15) is 14.9 Å². The summed E-state index contributed by atoms with van der Waals surface area (Å²) in [5.41, 5.74) is -0.164. The van der Waals surface area contributed by atoms with Gasteiger partial charge in [0.2, 0.25) is 0 Å². The van der Waals surface area contributed by atoms with Crippen molar-refractivity contribution in [2.24, 2.45) is 7.05 Å². The summed E-state index contributed by atoms with van der Waals surface area (Å²) in [5.74, 6) is -0.757. The lowest BCUT2D eigenvalue weighted by atomic mass is 10.1. The quantitative estimate of drug-likeness (QED) is 0.641. The lowest BCUT2D eigenvalue weighted by Crippen LogP contribution is -2.02. The zero-order valence-electron chi connectivity index (χ0n) is 9.90. The molecule has 0 unspecified atom stereocenters. The van der Waals surface area contributed by atoms with Gasteiger partial charge in [-0.05, 0) is 12.1 Å². The summed E-state index contributed by atoms with van der Waals surface area (Å²) in [6, 6.07) is 5.16. The van der Waals surface area contributed by atoms with Gasteiger partial charge in [0, 0.05) is 25.4 Å². The summed E-state index contributed by atoms with van der Waals surface area (Å²) < 4.78 is 1.52. The van der Waals surface area contributed by atoms with Crippen molar-refractivity contribution in [3.8, 4) is 0 Å². The van der Waals surface area contributed by atoms with Gasteiger partial charge in [-0.25, -0.2) is 4.79 Å². The molecule has 2 N–H and O–H groups in total. The number of hydrogen-bond acceptors (Lipinski definition) is 5. The molecule has 1 heterocycles. The number of aromatic nitrogens is 2. The maximum atomic E-state index is 10.9. The molecule has 0 aliphatic heterocycles. The molecule has 8 nitrogen and oxygen atoms in total. The van der Waals surface area contributed by atoms with Crippen molar-refractivity contribution < 1.29 is 14.8 Å². The van der Waals surface area contributed by atoms with Crippen LogP contribution in [0.15, 0.2) is 30.5 Å². The van der Waals surface area contributed by atoms with Gasteiger partial charge in [0.05, 0.1) is 10.5 Å². The molecule has 0 spiro atoms. The molecular weight excluding hydrogens is 252 g/mol. The Morgan fingerprint density at radius 2 is 2.21 bits per heavy atom. The van der Waals surface area contributed by atoms with E-state index in [1.54, 1.807) is 19.3 Å². The first-order valence-corrected chi connectivity index (χ1v) is 5.26. The first kappa shape index (κ1) is 12.6. The summed E-state index contributed by atoms with van der Waals surface area (Å²) >= 11 is 0. The molecule has 8 heteroatoms. The van der Waals surface area contributed by atoms with Gasteiger partial charge in [-0.15, -0.1) is 0 Å². The van der Waals surface area contributed by atoms with Gasteiger partial charge in [0.25, 0.3) is 5.69 Å². The van der Waals surface area contributed by atoms with Gasteiger partial charge >= 0.3 is 5.97 Å². The highest BCUT2D eigenvalue weighted by molar-refractivity contribution is 5.90. The molecule has 1 aromatic carbocycles. The minimum atomic E-state index is -1.15. The van der Waals surface area contributed by atoms with E-state index >= 15 is 0 Å². The second kappa shape index (κ2) is 4.77. The molecule has 0 aliphatic carbocycles. The third-order valence-electron chi connectivity index (χ3n) is 2.42. The van der Waals surface area contributed by atoms with Gasteiger partial charge in [-0.1, -0.05) is 0 Å². The number of nitro benzene ring substituents is 1. The van der Waals surface area contributed by atoms with E-state index < -0.39 is 10.9 Å². The van der Waals surface area contributed by atoms with Crippen LogP contribution in [0.3, 0.4) is 0 Å². The summed E-state index contributed by atoms with van der Waals surface area (Å²) in [6.07, 6.45) is 1.66. The number of rotatable bonds is 4. The van der Waals surface area contributed by atoms with Gasteiger partial charge < -0.3 is 10.4 Å². The van der Waals surface area contributed by atoms with Gasteiger partial charge in [0.15, 0.2) is 5.82 Å². The highest BCUT2D eigenvalue weighted by Crippen LogP contribution is 2.28. The van der Waals surface area contributed by atoms with Gasteiger partial charge in [-0.2, -0.15) is 5.10 Å². The van der Waals surface area contributed by atoms with Crippen LogP contribution in [0.4, 0.5) is 17.2 Å². The lowest BCUT2D eigenvalue weighted by molar-refractivity contribution is -0.383. The van der Waals surface area contributed by atoms with Crippen molar-refractivity contribution in [2.75, 3.05) is 5.32 Å². The Hall–Kier alpha value is -2.90. The van der Waals surface area contributed by atoms with Crippen molar-refractivity contribution in [1.82, 2.24) is 9.78 Å². The molecule has 0 saturated carbocycles. The van der Waals surface area contributed by atoms with Crippen LogP contribution in [0.5, 0.6) is 0 Å². The maximum absolute atomic E-state index is 10.9. The molecule has 0 radical (unpaired) electrons. The molecule has 2 rings (SSSR count). The van der Waals surface area contributed by atoms with E-state index in [1.165, 1.54) is 16.8 Å². The molecular formula is C11H10N4O4. The Balaban J connectivity index is 2.42. The summed E-state index contributed by atoms with van der Waals surface area (Å²) in [6.45, 7) is 0. The van der Waals surface area contributed by atoms with Crippen LogP contribution < -0.4 is 5.32 Å². The Labute approximate surface area is 107 Å². The first-order valence-electron chi connectivity index (χ1n) is 5.26. The second-order valence-electron chi connectivity index (χ2n) is 3.79. The number of nitrogens with zero attached hydrogens (tertiary/aromatic N) is 3. The zero-order chi connectivity index (χ0) is 14.0. The van der Waals surface area contributed by atoms with Crippen LogP contribution >= 0.6 is 0 Å². The van der Waals surface area contributed by atoms with E-state index in [0.717, 1.165) is 6.07 Å². The van der Waals surface area contributed by atoms with Crippen molar-refractivity contribution >= 4 is 23.2 Å². The summed E-state index contributed by atoms with van der Waals surface area (Å²) in [7, 11) is 1.70. The molecule has 0 atom stereocenters. The van der Waals surface area contributed by atoms with Crippen molar-refractivity contribution in [3.63, 3.8) is 0 Å². The topological polar surface area (TPSA) is 110 Å². The number of hydrogen-bond donors (Lipinski definition) is 2. The molecule has 19 heavy (non-hydrogen) atoms. The number of nitrogens with one attached hydrogen (secondary N) is 1. The average Bonchev–Trinajstić information content (AvgIpc) is 2.74. The fourth-order valence-electron chi connectivity index (χ4n) is 1.55. The Morgan fingerprint density at radius 3 is 2.74 bits per heavy atom. The van der Waals surface area contributed by atoms with Crippen LogP contribution in [0.25, 0.3) is 0 Å². The van der Waals surface area contributed by atoms with Crippen molar-refractivity contribution in [3.05, 3.63) is 46.1 Å². The number of carboxylic acid groups (broad SMARTS) is 1. The largest absolute Gasteiger partial charge is 0.478 e. The monoisotopic (exact) mass is 262 g/mol. The van der Waals surface area contributed by atoms with Gasteiger partial charge in [0.1, 0.15) is 5.69 Å². The predicted octanol–water partition coefficient (Wildman–Crippen LogP) is 1.77. The fourth-order valence-corrected chi connectivity index (χ4v) is 1.55. The number of aryl methyl sites for hydroxylation is 1. The molecule has 0 amide bonds. The summed E-state index contributed by atoms with van der Waals surface area (Å²) in [5, 5.41) is 26.5. The molecule has 98 valence electrons. The number of carbonyl (C=O) groups is 1. The van der Waals surface area contributed by atoms with Crippen molar-refractivity contribution in [1.29, 1.82) is 0 Å². The third-order valence-corrected chi connectivity index (χ3v) is 2.42. The van der Waals surface area contributed by atoms with Crippen LogP contribution in [-0.4, -0.2) is 25.8 Å². The number of benzene rings is 1.